The van der Waals surface area contributed by atoms with E-state index in [2.05, 4.69) is 10.1 Å². The topological polar surface area (TPSA) is 94.2 Å². The molecule has 162 valence electrons. The molecule has 0 aromatic heterocycles. The summed E-state index contributed by atoms with van der Waals surface area (Å²) in [5.41, 5.74) is 2.63. The maximum absolute atomic E-state index is 12.4. The summed E-state index contributed by atoms with van der Waals surface area (Å²) >= 11 is 6.39. The zero-order valence-electron chi connectivity index (χ0n) is 17.2. The van der Waals surface area contributed by atoms with Crippen molar-refractivity contribution in [2.75, 3.05) is 20.8 Å². The fourth-order valence-electron chi connectivity index (χ4n) is 2.88. The molecule has 2 aromatic rings. The van der Waals surface area contributed by atoms with Gasteiger partial charge in [0.25, 0.3) is 5.91 Å². The molecule has 1 aliphatic rings. The first kappa shape index (κ1) is 22.2. The Balaban J connectivity index is 1.80. The van der Waals surface area contributed by atoms with Crippen molar-refractivity contribution in [3.63, 3.8) is 0 Å². The number of carbonyl (C=O) groups excluding carboxylic acids is 3. The number of methoxy groups -OCH3 is 2. The number of aryl methyl sites for hydroxylation is 1. The first-order valence-corrected chi connectivity index (χ1v) is 9.67. The number of amides is 3. The van der Waals surface area contributed by atoms with Crippen molar-refractivity contribution in [3.8, 4) is 11.5 Å². The fraction of sp³-hybridized carbons (Fsp3) is 0.227. The van der Waals surface area contributed by atoms with E-state index in [0.717, 1.165) is 16.0 Å². The lowest BCUT2D eigenvalue weighted by Gasteiger charge is -2.14. The molecule has 1 N–H and O–H groups in total. The van der Waals surface area contributed by atoms with E-state index in [1.807, 2.05) is 31.2 Å². The number of urea groups is 1. The maximum atomic E-state index is 12.4. The van der Waals surface area contributed by atoms with E-state index < -0.39 is 24.5 Å². The van der Waals surface area contributed by atoms with Gasteiger partial charge >= 0.3 is 12.0 Å². The van der Waals surface area contributed by atoms with Gasteiger partial charge in [-0.2, -0.15) is 0 Å². The Morgan fingerprint density at radius 2 is 1.87 bits per heavy atom. The predicted octanol–water partition coefficient (Wildman–Crippen LogP) is 3.30. The minimum absolute atomic E-state index is 0.000321. The van der Waals surface area contributed by atoms with E-state index in [1.54, 1.807) is 12.1 Å². The van der Waals surface area contributed by atoms with E-state index in [1.165, 1.54) is 20.3 Å². The molecule has 3 rings (SSSR count). The number of nitrogens with one attached hydrogen (secondary N) is 1. The first-order chi connectivity index (χ1) is 14.8. The molecule has 8 nitrogen and oxygen atoms in total. The van der Waals surface area contributed by atoms with Gasteiger partial charge in [-0.15, -0.1) is 0 Å². The van der Waals surface area contributed by atoms with Gasteiger partial charge in [0.2, 0.25) is 0 Å². The summed E-state index contributed by atoms with van der Waals surface area (Å²) in [5, 5.41) is 2.71. The molecule has 3 amide bonds. The summed E-state index contributed by atoms with van der Waals surface area (Å²) in [4.78, 5) is 36.6. The van der Waals surface area contributed by atoms with Gasteiger partial charge in [-0.05, 0) is 36.3 Å². The van der Waals surface area contributed by atoms with Crippen LogP contribution in [0, 0.1) is 6.92 Å². The van der Waals surface area contributed by atoms with Crippen LogP contribution in [0.4, 0.5) is 4.79 Å². The molecule has 2 aromatic carbocycles. The molecule has 1 aliphatic heterocycles. The van der Waals surface area contributed by atoms with Crippen LogP contribution >= 0.6 is 11.6 Å². The van der Waals surface area contributed by atoms with Crippen LogP contribution in [0.15, 0.2) is 42.1 Å². The van der Waals surface area contributed by atoms with Crippen LogP contribution in [-0.2, 0) is 20.9 Å². The lowest BCUT2D eigenvalue weighted by atomic mass is 10.1. The molecule has 31 heavy (non-hydrogen) atoms. The number of nitrogens with zero attached hydrogens (tertiary/aromatic N) is 1. The molecular weight excluding hydrogens is 424 g/mol. The summed E-state index contributed by atoms with van der Waals surface area (Å²) in [6, 6.07) is 10.4. The summed E-state index contributed by atoms with van der Waals surface area (Å²) < 4.78 is 15.7. The molecule has 1 heterocycles. The normalized spacial score (nSPS) is 14.6. The van der Waals surface area contributed by atoms with Gasteiger partial charge in [-0.3, -0.25) is 9.59 Å². The van der Waals surface area contributed by atoms with Crippen molar-refractivity contribution in [2.45, 2.75) is 13.5 Å². The number of esters is 1. The molecule has 9 heteroatoms. The zero-order valence-corrected chi connectivity index (χ0v) is 18.0. The van der Waals surface area contributed by atoms with Crippen LogP contribution in [0.1, 0.15) is 16.7 Å². The molecule has 0 atom stereocenters. The number of hydrogen-bond donors (Lipinski definition) is 1. The molecule has 0 radical (unpaired) electrons. The Labute approximate surface area is 184 Å². The van der Waals surface area contributed by atoms with Crippen molar-refractivity contribution in [1.82, 2.24) is 10.2 Å². The maximum Gasteiger partial charge on any atom is 0.329 e. The highest BCUT2D eigenvalue weighted by Crippen LogP contribution is 2.37. The van der Waals surface area contributed by atoms with Crippen LogP contribution in [-0.4, -0.2) is 43.6 Å². The largest absolute Gasteiger partial charge is 0.493 e. The Kier molecular flexibility index (Phi) is 6.81. The van der Waals surface area contributed by atoms with Crippen LogP contribution in [0.2, 0.25) is 5.02 Å². The highest BCUT2D eigenvalue weighted by atomic mass is 35.5. The smallest absolute Gasteiger partial charge is 0.329 e. The molecule has 0 aliphatic carbocycles. The number of halogens is 1. The van der Waals surface area contributed by atoms with Crippen LogP contribution in [0.5, 0.6) is 11.5 Å². The van der Waals surface area contributed by atoms with E-state index in [9.17, 15) is 14.4 Å². The number of hydrogen-bond acceptors (Lipinski definition) is 6. The fourth-order valence-corrected chi connectivity index (χ4v) is 3.15. The second-order valence-electron chi connectivity index (χ2n) is 6.76. The summed E-state index contributed by atoms with van der Waals surface area (Å²) in [6.07, 6.45) is 1.44. The Morgan fingerprint density at radius 3 is 2.52 bits per heavy atom. The Hall–Kier alpha value is -3.52. The molecule has 1 fully saturated rings. The molecule has 0 saturated carbocycles. The molecule has 0 unspecified atom stereocenters. The second-order valence-corrected chi connectivity index (χ2v) is 7.17. The van der Waals surface area contributed by atoms with Gasteiger partial charge < -0.3 is 19.5 Å². The number of imide groups is 1. The van der Waals surface area contributed by atoms with Crippen molar-refractivity contribution in [2.24, 2.45) is 0 Å². The molecule has 0 spiro atoms. The van der Waals surface area contributed by atoms with Gasteiger partial charge in [0.15, 0.2) is 11.5 Å². The number of rotatable bonds is 7. The lowest BCUT2D eigenvalue weighted by molar-refractivity contribution is -0.143. The van der Waals surface area contributed by atoms with Gasteiger partial charge in [-0.25, -0.2) is 9.69 Å². The third kappa shape index (κ3) is 5.16. The third-order valence-corrected chi connectivity index (χ3v) is 4.82. The SMILES string of the molecule is COC(=O)CN1C(=O)N/C(=C/c2cc(Cl)c(OCc3ccc(C)cc3)c(OC)c2)C1=O. The first-order valence-electron chi connectivity index (χ1n) is 9.29. The average molecular weight is 445 g/mol. The molecular formula is C22H21ClN2O6. The van der Waals surface area contributed by atoms with Crippen molar-refractivity contribution < 1.29 is 28.6 Å². The Bertz CT molecular complexity index is 1050. The summed E-state index contributed by atoms with van der Waals surface area (Å²) in [7, 11) is 2.65. The van der Waals surface area contributed by atoms with Gasteiger partial charge in [0.1, 0.15) is 18.8 Å². The van der Waals surface area contributed by atoms with E-state index in [4.69, 9.17) is 21.1 Å². The highest BCUT2D eigenvalue weighted by molar-refractivity contribution is 6.32. The van der Waals surface area contributed by atoms with Gasteiger partial charge in [0, 0.05) is 0 Å². The zero-order chi connectivity index (χ0) is 22.5. The van der Waals surface area contributed by atoms with E-state index >= 15 is 0 Å². The van der Waals surface area contributed by atoms with Gasteiger partial charge in [0.05, 0.1) is 19.2 Å². The Morgan fingerprint density at radius 1 is 1.16 bits per heavy atom. The van der Waals surface area contributed by atoms with Crippen LogP contribution < -0.4 is 14.8 Å². The summed E-state index contributed by atoms with van der Waals surface area (Å²) in [5.74, 6) is -0.620. The number of ether oxygens (including phenoxy) is 3. The molecule has 1 saturated heterocycles. The van der Waals surface area contributed by atoms with Crippen molar-refractivity contribution >= 4 is 35.6 Å². The monoisotopic (exact) mass is 444 g/mol. The third-order valence-electron chi connectivity index (χ3n) is 4.54. The van der Waals surface area contributed by atoms with Gasteiger partial charge in [-0.1, -0.05) is 41.4 Å². The van der Waals surface area contributed by atoms with Crippen molar-refractivity contribution in [3.05, 3.63) is 63.8 Å². The van der Waals surface area contributed by atoms with Crippen LogP contribution in [0.25, 0.3) is 6.08 Å². The van der Waals surface area contributed by atoms with Crippen molar-refractivity contribution in [1.29, 1.82) is 0 Å². The predicted molar refractivity (Wildman–Crippen MR) is 114 cm³/mol. The minimum Gasteiger partial charge on any atom is -0.493 e. The average Bonchev–Trinajstić information content (AvgIpc) is 3.01. The second kappa shape index (κ2) is 9.53. The van der Waals surface area contributed by atoms with Crippen LogP contribution in [0.3, 0.4) is 0 Å². The standard InChI is InChI=1S/C22H21ClN2O6/c1-13-4-6-14(7-5-13)12-31-20-16(23)8-15(10-18(20)29-2)9-17-21(27)25(22(28)24-17)11-19(26)30-3/h4-10H,11-12H2,1-3H3,(H,24,28)/b17-9+. The highest BCUT2D eigenvalue weighted by Gasteiger charge is 2.35. The quantitative estimate of drug-likeness (QED) is 0.400. The lowest BCUT2D eigenvalue weighted by Crippen LogP contribution is -2.36. The number of benzene rings is 2. The number of carbonyl (C=O) groups is 3. The van der Waals surface area contributed by atoms with E-state index in [0.29, 0.717) is 23.7 Å². The minimum atomic E-state index is -0.710. The molecule has 0 bridgehead atoms. The summed E-state index contributed by atoms with van der Waals surface area (Å²) in [6.45, 7) is 1.83. The van der Waals surface area contributed by atoms with E-state index in [-0.39, 0.29) is 10.7 Å².